The highest BCUT2D eigenvalue weighted by Gasteiger charge is 2.30. The van der Waals surface area contributed by atoms with Crippen molar-refractivity contribution in [2.75, 3.05) is 18.4 Å². The molecule has 1 atom stereocenters. The number of aromatic nitrogens is 3. The predicted octanol–water partition coefficient (Wildman–Crippen LogP) is 2.76. The summed E-state index contributed by atoms with van der Waals surface area (Å²) in [4.78, 5) is 28.6. The molecule has 0 saturated carbocycles. The summed E-state index contributed by atoms with van der Waals surface area (Å²) in [5.41, 5.74) is 1.84. The van der Waals surface area contributed by atoms with E-state index in [0.29, 0.717) is 13.1 Å². The standard InChI is InChI=1S/C21H21N5O2/c27-20(23-17-9-3-1-4-10-17)16-8-7-13-25(15-16)21(28)19-14-22-26(24-19)18-11-5-2-6-12-18/h1-6,9-12,14,16H,7-8,13,15H2,(H,23,27). The summed E-state index contributed by atoms with van der Waals surface area (Å²) in [5, 5.41) is 11.4. The van der Waals surface area contributed by atoms with E-state index in [9.17, 15) is 9.59 Å². The minimum atomic E-state index is -0.234. The van der Waals surface area contributed by atoms with Crippen LogP contribution >= 0.6 is 0 Å². The minimum Gasteiger partial charge on any atom is -0.336 e. The van der Waals surface area contributed by atoms with E-state index < -0.39 is 0 Å². The fourth-order valence-corrected chi connectivity index (χ4v) is 3.35. The van der Waals surface area contributed by atoms with E-state index in [1.165, 1.54) is 11.0 Å². The number of hydrogen-bond acceptors (Lipinski definition) is 4. The van der Waals surface area contributed by atoms with E-state index in [0.717, 1.165) is 24.2 Å². The summed E-state index contributed by atoms with van der Waals surface area (Å²) in [5.74, 6) is -0.488. The van der Waals surface area contributed by atoms with Crippen LogP contribution in [0.3, 0.4) is 0 Å². The number of amides is 2. The Morgan fingerprint density at radius 3 is 2.46 bits per heavy atom. The largest absolute Gasteiger partial charge is 0.336 e. The lowest BCUT2D eigenvalue weighted by Crippen LogP contribution is -2.44. The lowest BCUT2D eigenvalue weighted by Gasteiger charge is -2.31. The van der Waals surface area contributed by atoms with Crippen molar-refractivity contribution in [3.05, 3.63) is 72.6 Å². The van der Waals surface area contributed by atoms with Gasteiger partial charge >= 0.3 is 0 Å². The van der Waals surface area contributed by atoms with Gasteiger partial charge in [-0.2, -0.15) is 9.90 Å². The average molecular weight is 375 g/mol. The number of carbonyl (C=O) groups is 2. The van der Waals surface area contributed by atoms with Gasteiger partial charge in [-0.05, 0) is 37.1 Å². The normalized spacial score (nSPS) is 16.6. The first-order chi connectivity index (χ1) is 13.7. The second-order valence-corrected chi connectivity index (χ2v) is 6.80. The highest BCUT2D eigenvalue weighted by Crippen LogP contribution is 2.20. The highest BCUT2D eigenvalue weighted by molar-refractivity contribution is 5.95. The number of likely N-dealkylation sites (tertiary alicyclic amines) is 1. The number of nitrogens with one attached hydrogen (secondary N) is 1. The Kier molecular flexibility index (Phi) is 5.14. The Morgan fingerprint density at radius 1 is 1.00 bits per heavy atom. The number of benzene rings is 2. The van der Waals surface area contributed by atoms with Crippen molar-refractivity contribution < 1.29 is 9.59 Å². The number of carbonyl (C=O) groups excluding carboxylic acids is 2. The van der Waals surface area contributed by atoms with Crippen LogP contribution in [0.4, 0.5) is 5.69 Å². The zero-order valence-corrected chi connectivity index (χ0v) is 15.4. The van der Waals surface area contributed by atoms with E-state index in [-0.39, 0.29) is 23.4 Å². The Bertz CT molecular complexity index is 955. The first-order valence-electron chi connectivity index (χ1n) is 9.33. The third-order valence-electron chi connectivity index (χ3n) is 4.82. The summed E-state index contributed by atoms with van der Waals surface area (Å²) in [6, 6.07) is 18.8. The SMILES string of the molecule is O=C(Nc1ccccc1)C1CCCN(C(=O)c2cnn(-c3ccccc3)n2)C1. The van der Waals surface area contributed by atoms with Gasteiger partial charge < -0.3 is 10.2 Å². The van der Waals surface area contributed by atoms with E-state index in [2.05, 4.69) is 15.5 Å². The lowest BCUT2D eigenvalue weighted by atomic mass is 9.96. The van der Waals surface area contributed by atoms with E-state index in [1.54, 1.807) is 4.90 Å². The Labute approximate surface area is 163 Å². The maximum atomic E-state index is 12.8. The zero-order chi connectivity index (χ0) is 19.3. The molecular weight excluding hydrogens is 354 g/mol. The monoisotopic (exact) mass is 375 g/mol. The van der Waals surface area contributed by atoms with Gasteiger partial charge in [0.15, 0.2) is 5.69 Å². The number of nitrogens with zero attached hydrogens (tertiary/aromatic N) is 4. The molecule has 2 aromatic carbocycles. The highest BCUT2D eigenvalue weighted by atomic mass is 16.2. The van der Waals surface area contributed by atoms with Gasteiger partial charge in [-0.25, -0.2) is 0 Å². The fourth-order valence-electron chi connectivity index (χ4n) is 3.35. The molecule has 4 rings (SSSR count). The van der Waals surface area contributed by atoms with Gasteiger partial charge in [0.25, 0.3) is 5.91 Å². The molecule has 7 nitrogen and oxygen atoms in total. The lowest BCUT2D eigenvalue weighted by molar-refractivity contribution is -0.121. The fraction of sp³-hybridized carbons (Fsp3) is 0.238. The van der Waals surface area contributed by atoms with Crippen molar-refractivity contribution >= 4 is 17.5 Å². The quantitative estimate of drug-likeness (QED) is 0.760. The Hall–Kier alpha value is -3.48. The number of anilines is 1. The maximum absolute atomic E-state index is 12.8. The van der Waals surface area contributed by atoms with E-state index in [1.807, 2.05) is 60.7 Å². The summed E-state index contributed by atoms with van der Waals surface area (Å²) in [6.07, 6.45) is 3.02. The van der Waals surface area contributed by atoms with Gasteiger partial charge in [-0.1, -0.05) is 36.4 Å². The number of hydrogen-bond donors (Lipinski definition) is 1. The van der Waals surface area contributed by atoms with Crippen LogP contribution in [0.15, 0.2) is 66.9 Å². The van der Waals surface area contributed by atoms with Crippen molar-refractivity contribution in [2.24, 2.45) is 5.92 Å². The predicted molar refractivity (Wildman–Crippen MR) is 105 cm³/mol. The molecule has 0 radical (unpaired) electrons. The molecule has 1 N–H and O–H groups in total. The van der Waals surface area contributed by atoms with Crippen LogP contribution in [-0.4, -0.2) is 44.8 Å². The smallest absolute Gasteiger partial charge is 0.276 e. The van der Waals surface area contributed by atoms with Crippen LogP contribution < -0.4 is 5.32 Å². The molecule has 2 heterocycles. The summed E-state index contributed by atoms with van der Waals surface area (Å²) in [6.45, 7) is 1.00. The van der Waals surface area contributed by atoms with Crippen LogP contribution in [-0.2, 0) is 4.79 Å². The summed E-state index contributed by atoms with van der Waals surface area (Å²) >= 11 is 0. The van der Waals surface area contributed by atoms with Gasteiger partial charge in [0.1, 0.15) is 0 Å². The molecule has 7 heteroatoms. The average Bonchev–Trinajstić information content (AvgIpc) is 3.25. The third-order valence-corrected chi connectivity index (χ3v) is 4.82. The molecule has 1 saturated heterocycles. The van der Waals surface area contributed by atoms with E-state index >= 15 is 0 Å². The summed E-state index contributed by atoms with van der Waals surface area (Å²) in [7, 11) is 0. The van der Waals surface area contributed by atoms with Crippen molar-refractivity contribution in [3.8, 4) is 5.69 Å². The number of para-hydroxylation sites is 2. The van der Waals surface area contributed by atoms with Crippen LogP contribution in [0, 0.1) is 5.92 Å². The molecule has 1 aliphatic rings. The molecule has 142 valence electrons. The molecule has 1 unspecified atom stereocenters. The van der Waals surface area contributed by atoms with Crippen molar-refractivity contribution in [2.45, 2.75) is 12.8 Å². The first-order valence-corrected chi connectivity index (χ1v) is 9.33. The molecule has 1 aliphatic heterocycles. The zero-order valence-electron chi connectivity index (χ0n) is 15.4. The van der Waals surface area contributed by atoms with Gasteiger partial charge in [-0.15, -0.1) is 5.10 Å². The summed E-state index contributed by atoms with van der Waals surface area (Å²) < 4.78 is 0. The van der Waals surface area contributed by atoms with Gasteiger partial charge in [0, 0.05) is 18.8 Å². The molecule has 2 amide bonds. The van der Waals surface area contributed by atoms with Gasteiger partial charge in [0.05, 0.1) is 17.8 Å². The molecule has 1 aromatic heterocycles. The van der Waals surface area contributed by atoms with Crippen LogP contribution in [0.1, 0.15) is 23.3 Å². The second-order valence-electron chi connectivity index (χ2n) is 6.80. The topological polar surface area (TPSA) is 80.1 Å². The van der Waals surface area contributed by atoms with Gasteiger partial charge in [0.2, 0.25) is 5.91 Å². The molecular formula is C21H21N5O2. The van der Waals surface area contributed by atoms with Crippen LogP contribution in [0.2, 0.25) is 0 Å². The first kappa shape index (κ1) is 17.9. The molecule has 3 aromatic rings. The maximum Gasteiger partial charge on any atom is 0.276 e. The second kappa shape index (κ2) is 8.04. The van der Waals surface area contributed by atoms with E-state index in [4.69, 9.17) is 0 Å². The third kappa shape index (κ3) is 3.93. The minimum absolute atomic E-state index is 0.0587. The van der Waals surface area contributed by atoms with Gasteiger partial charge in [-0.3, -0.25) is 9.59 Å². The number of piperidine rings is 1. The molecule has 1 fully saturated rings. The van der Waals surface area contributed by atoms with Crippen molar-refractivity contribution in [3.63, 3.8) is 0 Å². The molecule has 0 aliphatic carbocycles. The number of rotatable bonds is 4. The van der Waals surface area contributed by atoms with Crippen LogP contribution in [0.25, 0.3) is 5.69 Å². The molecule has 28 heavy (non-hydrogen) atoms. The Morgan fingerprint density at radius 2 is 1.71 bits per heavy atom. The van der Waals surface area contributed by atoms with Crippen molar-refractivity contribution in [1.29, 1.82) is 0 Å². The van der Waals surface area contributed by atoms with Crippen LogP contribution in [0.5, 0.6) is 0 Å². The molecule has 0 bridgehead atoms. The van der Waals surface area contributed by atoms with Crippen molar-refractivity contribution in [1.82, 2.24) is 19.9 Å². The molecule has 0 spiro atoms. The Balaban J connectivity index is 1.42.